The van der Waals surface area contributed by atoms with E-state index >= 15 is 0 Å². The minimum absolute atomic E-state index is 0.0503. The van der Waals surface area contributed by atoms with Gasteiger partial charge in [-0.05, 0) is 32.9 Å². The van der Waals surface area contributed by atoms with Gasteiger partial charge in [0.05, 0.1) is 6.54 Å². The molecular weight excluding hydrogens is 271 g/mol. The van der Waals surface area contributed by atoms with Crippen molar-refractivity contribution in [2.24, 2.45) is 0 Å². The first-order valence-electron chi connectivity index (χ1n) is 5.74. The molecule has 100 valence electrons. The lowest BCUT2D eigenvalue weighted by atomic mass is 10.1. The third-order valence-corrected chi connectivity index (χ3v) is 2.87. The average molecular weight is 289 g/mol. The standard InChI is InChI=1S/C13H18Cl2N2O/c1-13(2,3)17-12(18)8-16-7-9-10(14)5-4-6-11(9)15/h4-6,16H,7-8H2,1-3H3,(H,17,18). The predicted molar refractivity (Wildman–Crippen MR) is 76.1 cm³/mol. The molecule has 1 aromatic carbocycles. The molecule has 0 saturated carbocycles. The van der Waals surface area contributed by atoms with E-state index in [4.69, 9.17) is 23.2 Å². The molecule has 5 heteroatoms. The highest BCUT2D eigenvalue weighted by molar-refractivity contribution is 6.35. The van der Waals surface area contributed by atoms with Gasteiger partial charge in [-0.3, -0.25) is 4.79 Å². The number of hydrogen-bond donors (Lipinski definition) is 2. The summed E-state index contributed by atoms with van der Waals surface area (Å²) in [5.74, 6) is -0.0503. The summed E-state index contributed by atoms with van der Waals surface area (Å²) in [6.07, 6.45) is 0. The van der Waals surface area contributed by atoms with E-state index in [1.165, 1.54) is 0 Å². The number of benzene rings is 1. The Morgan fingerprint density at radius 1 is 1.22 bits per heavy atom. The molecule has 3 nitrogen and oxygen atoms in total. The zero-order chi connectivity index (χ0) is 13.8. The van der Waals surface area contributed by atoms with Gasteiger partial charge >= 0.3 is 0 Å². The molecule has 1 aromatic rings. The van der Waals surface area contributed by atoms with Crippen LogP contribution < -0.4 is 10.6 Å². The second kappa shape index (κ2) is 6.41. The van der Waals surface area contributed by atoms with Crippen molar-refractivity contribution in [3.63, 3.8) is 0 Å². The topological polar surface area (TPSA) is 41.1 Å². The average Bonchev–Trinajstić information content (AvgIpc) is 2.19. The summed E-state index contributed by atoms with van der Waals surface area (Å²) in [5, 5.41) is 7.10. The van der Waals surface area contributed by atoms with Crippen LogP contribution in [-0.2, 0) is 11.3 Å². The largest absolute Gasteiger partial charge is 0.350 e. The Hall–Kier alpha value is -0.770. The molecule has 0 bridgehead atoms. The fourth-order valence-electron chi connectivity index (χ4n) is 1.46. The van der Waals surface area contributed by atoms with Gasteiger partial charge in [0.2, 0.25) is 5.91 Å². The highest BCUT2D eigenvalue weighted by Gasteiger charge is 2.13. The lowest BCUT2D eigenvalue weighted by Crippen LogP contribution is -2.44. The van der Waals surface area contributed by atoms with Crippen LogP contribution in [0.4, 0.5) is 0 Å². The molecule has 1 rings (SSSR count). The van der Waals surface area contributed by atoms with Crippen LogP contribution in [0.5, 0.6) is 0 Å². The Labute approximate surface area is 118 Å². The van der Waals surface area contributed by atoms with Gasteiger partial charge < -0.3 is 10.6 Å². The minimum atomic E-state index is -0.221. The Bertz CT molecular complexity index is 407. The molecule has 0 fully saturated rings. The second-order valence-electron chi connectivity index (χ2n) is 5.10. The van der Waals surface area contributed by atoms with Crippen LogP contribution in [0, 0.1) is 0 Å². The molecule has 0 atom stereocenters. The molecule has 0 aliphatic heterocycles. The van der Waals surface area contributed by atoms with Gasteiger partial charge in [0, 0.05) is 27.7 Å². The molecule has 0 unspecified atom stereocenters. The monoisotopic (exact) mass is 288 g/mol. The van der Waals surface area contributed by atoms with Crippen LogP contribution >= 0.6 is 23.2 Å². The van der Waals surface area contributed by atoms with Crippen molar-refractivity contribution < 1.29 is 4.79 Å². The smallest absolute Gasteiger partial charge is 0.234 e. The first kappa shape index (κ1) is 15.3. The lowest BCUT2D eigenvalue weighted by molar-refractivity contribution is -0.121. The molecule has 0 heterocycles. The Morgan fingerprint density at radius 2 is 1.78 bits per heavy atom. The van der Waals surface area contributed by atoms with Crippen LogP contribution in [0.1, 0.15) is 26.3 Å². The maximum absolute atomic E-state index is 11.6. The number of amides is 1. The zero-order valence-corrected chi connectivity index (χ0v) is 12.3. The number of halogens is 2. The van der Waals surface area contributed by atoms with Crippen molar-refractivity contribution in [1.82, 2.24) is 10.6 Å². The quantitative estimate of drug-likeness (QED) is 0.894. The Morgan fingerprint density at radius 3 is 2.28 bits per heavy atom. The normalized spacial score (nSPS) is 11.4. The summed E-state index contributed by atoms with van der Waals surface area (Å²) in [4.78, 5) is 11.6. The fourth-order valence-corrected chi connectivity index (χ4v) is 2.00. The van der Waals surface area contributed by atoms with Crippen LogP contribution in [0.25, 0.3) is 0 Å². The van der Waals surface area contributed by atoms with Gasteiger partial charge in [-0.15, -0.1) is 0 Å². The summed E-state index contributed by atoms with van der Waals surface area (Å²) in [6, 6.07) is 5.35. The van der Waals surface area contributed by atoms with Crippen LogP contribution in [0.2, 0.25) is 10.0 Å². The van der Waals surface area contributed by atoms with E-state index in [9.17, 15) is 4.79 Å². The number of nitrogens with one attached hydrogen (secondary N) is 2. The molecule has 2 N–H and O–H groups in total. The van der Waals surface area contributed by atoms with E-state index in [2.05, 4.69) is 10.6 Å². The molecule has 0 aliphatic rings. The number of carbonyl (C=O) groups excluding carboxylic acids is 1. The fraction of sp³-hybridized carbons (Fsp3) is 0.462. The second-order valence-corrected chi connectivity index (χ2v) is 5.92. The Kier molecular flexibility index (Phi) is 5.45. The van der Waals surface area contributed by atoms with Crippen molar-refractivity contribution in [1.29, 1.82) is 0 Å². The molecular formula is C13H18Cl2N2O. The third-order valence-electron chi connectivity index (χ3n) is 2.16. The summed E-state index contributed by atoms with van der Waals surface area (Å²) in [6.45, 7) is 6.52. The van der Waals surface area contributed by atoms with Gasteiger partial charge in [0.15, 0.2) is 0 Å². The minimum Gasteiger partial charge on any atom is -0.350 e. The molecule has 0 aliphatic carbocycles. The van der Waals surface area contributed by atoms with E-state index in [1.807, 2.05) is 20.8 Å². The number of hydrogen-bond acceptors (Lipinski definition) is 2. The van der Waals surface area contributed by atoms with Gasteiger partial charge in [-0.25, -0.2) is 0 Å². The molecule has 0 spiro atoms. The van der Waals surface area contributed by atoms with Crippen molar-refractivity contribution >= 4 is 29.1 Å². The maximum atomic E-state index is 11.6. The van der Waals surface area contributed by atoms with E-state index in [-0.39, 0.29) is 18.0 Å². The molecule has 0 radical (unpaired) electrons. The summed E-state index contributed by atoms with van der Waals surface area (Å²) < 4.78 is 0. The zero-order valence-electron chi connectivity index (χ0n) is 10.8. The molecule has 0 saturated heterocycles. The molecule has 1 amide bonds. The van der Waals surface area contributed by atoms with Crippen LogP contribution in [0.15, 0.2) is 18.2 Å². The van der Waals surface area contributed by atoms with Crippen molar-refractivity contribution in [2.45, 2.75) is 32.9 Å². The number of carbonyl (C=O) groups is 1. The lowest BCUT2D eigenvalue weighted by Gasteiger charge is -2.20. The molecule has 0 aromatic heterocycles. The highest BCUT2D eigenvalue weighted by atomic mass is 35.5. The van der Waals surface area contributed by atoms with E-state index in [0.29, 0.717) is 16.6 Å². The van der Waals surface area contributed by atoms with Gasteiger partial charge in [-0.1, -0.05) is 29.3 Å². The van der Waals surface area contributed by atoms with Gasteiger partial charge in [0.1, 0.15) is 0 Å². The highest BCUT2D eigenvalue weighted by Crippen LogP contribution is 2.23. The van der Waals surface area contributed by atoms with E-state index in [0.717, 1.165) is 5.56 Å². The third kappa shape index (κ3) is 5.25. The first-order chi connectivity index (χ1) is 8.29. The van der Waals surface area contributed by atoms with E-state index < -0.39 is 0 Å². The predicted octanol–water partition coefficient (Wildman–Crippen LogP) is 3.00. The van der Waals surface area contributed by atoms with Crippen molar-refractivity contribution in [3.05, 3.63) is 33.8 Å². The summed E-state index contributed by atoms with van der Waals surface area (Å²) in [5.41, 5.74) is 0.588. The molecule has 18 heavy (non-hydrogen) atoms. The number of rotatable bonds is 4. The van der Waals surface area contributed by atoms with Crippen LogP contribution in [0.3, 0.4) is 0 Å². The van der Waals surface area contributed by atoms with Crippen molar-refractivity contribution in [3.8, 4) is 0 Å². The van der Waals surface area contributed by atoms with Crippen LogP contribution in [-0.4, -0.2) is 18.0 Å². The summed E-state index contributed by atoms with van der Waals surface area (Å²) in [7, 11) is 0. The maximum Gasteiger partial charge on any atom is 0.234 e. The SMILES string of the molecule is CC(C)(C)NC(=O)CNCc1c(Cl)cccc1Cl. The Balaban J connectivity index is 2.45. The van der Waals surface area contributed by atoms with E-state index in [1.54, 1.807) is 18.2 Å². The van der Waals surface area contributed by atoms with Crippen molar-refractivity contribution in [2.75, 3.05) is 6.54 Å². The van der Waals surface area contributed by atoms with Gasteiger partial charge in [0.25, 0.3) is 0 Å². The summed E-state index contributed by atoms with van der Waals surface area (Å²) >= 11 is 12.1. The first-order valence-corrected chi connectivity index (χ1v) is 6.50. The van der Waals surface area contributed by atoms with Gasteiger partial charge in [-0.2, -0.15) is 0 Å².